The first-order valence-electron chi connectivity index (χ1n) is 11.5. The Labute approximate surface area is 190 Å². The minimum atomic E-state index is -0.327. The van der Waals surface area contributed by atoms with E-state index in [2.05, 4.69) is 54.4 Å². The fraction of sp³-hybridized carbons (Fsp3) is 0.357. The predicted molar refractivity (Wildman–Crippen MR) is 128 cm³/mol. The lowest BCUT2D eigenvalue weighted by Gasteiger charge is -2.20. The van der Waals surface area contributed by atoms with Crippen LogP contribution in [0.4, 0.5) is 4.39 Å². The summed E-state index contributed by atoms with van der Waals surface area (Å²) < 4.78 is 25.2. The van der Waals surface area contributed by atoms with Crippen LogP contribution >= 0.6 is 0 Å². The molecule has 4 rings (SSSR count). The van der Waals surface area contributed by atoms with Crippen LogP contribution in [0.25, 0.3) is 11.1 Å². The summed E-state index contributed by atoms with van der Waals surface area (Å²) in [7, 11) is 3.71. The first kappa shape index (κ1) is 22.3. The van der Waals surface area contributed by atoms with Crippen LogP contribution in [0.15, 0.2) is 66.7 Å². The zero-order chi connectivity index (χ0) is 22.3. The Balaban J connectivity index is 1.48. The molecule has 3 nitrogen and oxygen atoms in total. The molecule has 0 amide bonds. The van der Waals surface area contributed by atoms with Gasteiger partial charge < -0.3 is 14.4 Å². The zero-order valence-corrected chi connectivity index (χ0v) is 19.0. The molecule has 1 saturated heterocycles. The Kier molecular flexibility index (Phi) is 7.43. The van der Waals surface area contributed by atoms with Crippen LogP contribution in [-0.4, -0.2) is 38.3 Å². The van der Waals surface area contributed by atoms with Gasteiger partial charge in [-0.15, -0.1) is 0 Å². The van der Waals surface area contributed by atoms with Gasteiger partial charge in [0, 0.05) is 11.6 Å². The van der Waals surface area contributed by atoms with Crippen LogP contribution < -0.4 is 9.47 Å². The Morgan fingerprint density at radius 2 is 1.72 bits per heavy atom. The van der Waals surface area contributed by atoms with Gasteiger partial charge in [-0.05, 0) is 80.6 Å². The lowest BCUT2D eigenvalue weighted by molar-refractivity contribution is 0.234. The molecule has 0 spiro atoms. The third-order valence-corrected chi connectivity index (χ3v) is 6.47. The fourth-order valence-electron chi connectivity index (χ4n) is 4.60. The highest BCUT2D eigenvalue weighted by Gasteiger charge is 2.20. The van der Waals surface area contributed by atoms with Gasteiger partial charge in [-0.1, -0.05) is 48.5 Å². The molecule has 1 aliphatic rings. The van der Waals surface area contributed by atoms with Gasteiger partial charge in [-0.3, -0.25) is 0 Å². The average Bonchev–Trinajstić information content (AvgIpc) is 3.23. The van der Waals surface area contributed by atoms with Crippen molar-refractivity contribution in [2.45, 2.75) is 38.1 Å². The Hall–Kier alpha value is -2.85. The number of nitrogens with zero attached hydrogens (tertiary/aromatic N) is 1. The van der Waals surface area contributed by atoms with Crippen molar-refractivity contribution in [3.63, 3.8) is 0 Å². The second kappa shape index (κ2) is 10.6. The number of para-hydroxylation sites is 1. The highest BCUT2D eigenvalue weighted by molar-refractivity contribution is 5.73. The molecule has 1 unspecified atom stereocenters. The van der Waals surface area contributed by atoms with Gasteiger partial charge in [0.25, 0.3) is 0 Å². The van der Waals surface area contributed by atoms with E-state index in [0.717, 1.165) is 42.7 Å². The molecule has 0 radical (unpaired) electrons. The maximum atomic E-state index is 13.7. The number of hydrogen-bond acceptors (Lipinski definition) is 3. The minimum Gasteiger partial charge on any atom is -0.494 e. The van der Waals surface area contributed by atoms with E-state index in [0.29, 0.717) is 11.8 Å². The van der Waals surface area contributed by atoms with Crippen LogP contribution in [0.2, 0.25) is 0 Å². The summed E-state index contributed by atoms with van der Waals surface area (Å²) in [5.41, 5.74) is 4.63. The molecule has 168 valence electrons. The van der Waals surface area contributed by atoms with Crippen molar-refractivity contribution in [3.05, 3.63) is 83.7 Å². The molecule has 0 aliphatic carbocycles. The van der Waals surface area contributed by atoms with Crippen LogP contribution in [-0.2, 0) is 12.8 Å². The monoisotopic (exact) mass is 433 g/mol. The molecule has 3 aromatic rings. The highest BCUT2D eigenvalue weighted by Crippen LogP contribution is 2.33. The number of likely N-dealkylation sites (tertiary alicyclic amines) is 1. The Morgan fingerprint density at radius 1 is 0.938 bits per heavy atom. The van der Waals surface area contributed by atoms with Crippen LogP contribution in [0.5, 0.6) is 11.5 Å². The molecule has 32 heavy (non-hydrogen) atoms. The summed E-state index contributed by atoms with van der Waals surface area (Å²) in [6.45, 7) is 1.91. The molecule has 3 aromatic carbocycles. The topological polar surface area (TPSA) is 21.7 Å². The normalized spacial score (nSPS) is 16.3. The van der Waals surface area contributed by atoms with Crippen molar-refractivity contribution < 1.29 is 13.9 Å². The molecule has 1 aliphatic heterocycles. The van der Waals surface area contributed by atoms with E-state index in [1.165, 1.54) is 43.7 Å². The summed E-state index contributed by atoms with van der Waals surface area (Å²) in [6, 6.07) is 22.5. The third kappa shape index (κ3) is 5.31. The number of aryl methyl sites for hydroxylation is 2. The van der Waals surface area contributed by atoms with E-state index >= 15 is 0 Å². The van der Waals surface area contributed by atoms with Gasteiger partial charge in [0.1, 0.15) is 5.75 Å². The van der Waals surface area contributed by atoms with Crippen molar-refractivity contribution in [2.75, 3.05) is 27.3 Å². The summed E-state index contributed by atoms with van der Waals surface area (Å²) in [4.78, 5) is 2.44. The number of halogens is 1. The first-order chi connectivity index (χ1) is 15.7. The number of hydrogen-bond donors (Lipinski definition) is 0. The smallest absolute Gasteiger partial charge is 0.165 e. The van der Waals surface area contributed by atoms with E-state index < -0.39 is 0 Å². The maximum absolute atomic E-state index is 13.7. The van der Waals surface area contributed by atoms with Gasteiger partial charge >= 0.3 is 0 Å². The minimum absolute atomic E-state index is 0.294. The first-order valence-corrected chi connectivity index (χ1v) is 11.5. The van der Waals surface area contributed by atoms with Crippen LogP contribution in [0.1, 0.15) is 30.4 Å². The highest BCUT2D eigenvalue weighted by atomic mass is 19.1. The summed E-state index contributed by atoms with van der Waals surface area (Å²) >= 11 is 0. The van der Waals surface area contributed by atoms with Gasteiger partial charge in [0.15, 0.2) is 11.6 Å². The summed E-state index contributed by atoms with van der Waals surface area (Å²) in [5.74, 6) is 0.901. The largest absolute Gasteiger partial charge is 0.494 e. The Morgan fingerprint density at radius 3 is 2.50 bits per heavy atom. The molecule has 1 heterocycles. The molecule has 0 N–H and O–H groups in total. The lowest BCUT2D eigenvalue weighted by atomic mass is 9.94. The van der Waals surface area contributed by atoms with Crippen LogP contribution in [0, 0.1) is 5.82 Å². The second-order valence-corrected chi connectivity index (χ2v) is 8.54. The van der Waals surface area contributed by atoms with E-state index in [4.69, 9.17) is 9.47 Å². The van der Waals surface area contributed by atoms with Crippen molar-refractivity contribution in [1.29, 1.82) is 0 Å². The van der Waals surface area contributed by atoms with Gasteiger partial charge in [-0.2, -0.15) is 0 Å². The average molecular weight is 434 g/mol. The SMILES string of the molecule is COc1cc(CCc2ccccc2-c2ccccc2OCCC2CCCN2C)ccc1F. The van der Waals surface area contributed by atoms with Crippen molar-refractivity contribution >= 4 is 0 Å². The molecular formula is C28H32FNO2. The molecule has 0 aromatic heterocycles. The van der Waals surface area contributed by atoms with E-state index in [1.807, 2.05) is 12.1 Å². The molecule has 0 saturated carbocycles. The van der Waals surface area contributed by atoms with Gasteiger partial charge in [0.2, 0.25) is 0 Å². The molecular weight excluding hydrogens is 401 g/mol. The number of rotatable bonds is 9. The summed E-state index contributed by atoms with van der Waals surface area (Å²) in [6.07, 6.45) is 5.26. The zero-order valence-electron chi connectivity index (χ0n) is 19.0. The third-order valence-electron chi connectivity index (χ3n) is 6.47. The number of ether oxygens (including phenoxy) is 2. The molecule has 4 heteroatoms. The maximum Gasteiger partial charge on any atom is 0.165 e. The predicted octanol–water partition coefficient (Wildman–Crippen LogP) is 6.15. The number of benzene rings is 3. The lowest BCUT2D eigenvalue weighted by Crippen LogP contribution is -2.26. The van der Waals surface area contributed by atoms with Crippen molar-refractivity contribution in [1.82, 2.24) is 4.90 Å². The van der Waals surface area contributed by atoms with E-state index in [1.54, 1.807) is 6.07 Å². The second-order valence-electron chi connectivity index (χ2n) is 8.54. The number of methoxy groups -OCH3 is 1. The van der Waals surface area contributed by atoms with E-state index in [-0.39, 0.29) is 5.82 Å². The molecule has 1 fully saturated rings. The quantitative estimate of drug-likeness (QED) is 0.404. The fourth-order valence-corrected chi connectivity index (χ4v) is 4.60. The van der Waals surface area contributed by atoms with Crippen molar-refractivity contribution in [3.8, 4) is 22.6 Å². The Bertz CT molecular complexity index is 1040. The summed E-state index contributed by atoms with van der Waals surface area (Å²) in [5, 5.41) is 0. The molecule has 1 atom stereocenters. The van der Waals surface area contributed by atoms with Gasteiger partial charge in [0.05, 0.1) is 13.7 Å². The van der Waals surface area contributed by atoms with E-state index in [9.17, 15) is 4.39 Å². The van der Waals surface area contributed by atoms with Crippen LogP contribution in [0.3, 0.4) is 0 Å². The van der Waals surface area contributed by atoms with Crippen molar-refractivity contribution in [2.24, 2.45) is 0 Å². The van der Waals surface area contributed by atoms with Gasteiger partial charge in [-0.25, -0.2) is 4.39 Å². The standard InChI is InChI=1S/C28H32FNO2/c1-30-18-7-9-23(30)17-19-32-27-12-6-5-11-25(27)24-10-4-3-8-22(24)15-13-21-14-16-26(29)28(20-21)31-2/h3-6,8,10-12,14,16,20,23H,7,9,13,15,17-19H2,1-2H3. The molecule has 0 bridgehead atoms.